The van der Waals surface area contributed by atoms with Gasteiger partial charge in [-0.25, -0.2) is 4.98 Å². The molecule has 2 heterocycles. The van der Waals surface area contributed by atoms with Crippen LogP contribution in [-0.2, 0) is 18.2 Å². The van der Waals surface area contributed by atoms with Gasteiger partial charge in [-0.05, 0) is 13.0 Å². The number of aromatic nitrogens is 3. The first-order valence-corrected chi connectivity index (χ1v) is 5.87. The Kier molecular flexibility index (Phi) is 3.56. The molecule has 0 saturated carbocycles. The van der Waals surface area contributed by atoms with Crippen molar-refractivity contribution in [2.24, 2.45) is 12.5 Å². The molecule has 1 aliphatic rings. The Balaban J connectivity index is 2.05. The van der Waals surface area contributed by atoms with E-state index in [4.69, 9.17) is 4.74 Å². The normalized spacial score (nSPS) is 25.1. The Bertz CT molecular complexity index is 330. The third kappa shape index (κ3) is 2.41. The van der Waals surface area contributed by atoms with E-state index in [9.17, 15) is 0 Å². The molecular weight excluding hydrogens is 204 g/mol. The fourth-order valence-electron chi connectivity index (χ4n) is 2.20. The van der Waals surface area contributed by atoms with E-state index in [1.54, 1.807) is 6.33 Å². The topological polar surface area (TPSA) is 52.0 Å². The Morgan fingerprint density at radius 3 is 3.06 bits per heavy atom. The van der Waals surface area contributed by atoms with Gasteiger partial charge in [-0.3, -0.25) is 4.68 Å². The van der Waals surface area contributed by atoms with Crippen molar-refractivity contribution in [2.45, 2.75) is 19.8 Å². The van der Waals surface area contributed by atoms with Gasteiger partial charge in [0.05, 0.1) is 6.61 Å². The molecule has 1 saturated heterocycles. The molecule has 1 aliphatic heterocycles. The van der Waals surface area contributed by atoms with Crippen LogP contribution in [0.25, 0.3) is 0 Å². The fraction of sp³-hybridized carbons (Fsp3) is 0.818. The van der Waals surface area contributed by atoms with E-state index in [-0.39, 0.29) is 5.41 Å². The quantitative estimate of drug-likeness (QED) is 0.785. The molecule has 2 rings (SSSR count). The minimum Gasteiger partial charge on any atom is -0.381 e. The number of hydrogen-bond acceptors (Lipinski definition) is 4. The lowest BCUT2D eigenvalue weighted by atomic mass is 9.83. The molecule has 0 aliphatic carbocycles. The summed E-state index contributed by atoms with van der Waals surface area (Å²) < 4.78 is 7.40. The first-order valence-electron chi connectivity index (χ1n) is 5.87. The summed E-state index contributed by atoms with van der Waals surface area (Å²) >= 11 is 0. The molecule has 1 N–H and O–H groups in total. The highest BCUT2D eigenvalue weighted by Crippen LogP contribution is 2.31. The Labute approximate surface area is 96.2 Å². The monoisotopic (exact) mass is 224 g/mol. The van der Waals surface area contributed by atoms with Gasteiger partial charge in [0.25, 0.3) is 0 Å². The summed E-state index contributed by atoms with van der Waals surface area (Å²) in [5, 5.41) is 7.54. The van der Waals surface area contributed by atoms with Crippen LogP contribution in [0, 0.1) is 5.41 Å². The zero-order valence-electron chi connectivity index (χ0n) is 10.1. The summed E-state index contributed by atoms with van der Waals surface area (Å²) in [5.74, 6) is 1.04. The maximum Gasteiger partial charge on any atom is 0.138 e. The molecule has 0 amide bonds. The second-order valence-corrected chi connectivity index (χ2v) is 4.56. The minimum atomic E-state index is 0.205. The van der Waals surface area contributed by atoms with Crippen molar-refractivity contribution in [3.63, 3.8) is 0 Å². The maximum atomic E-state index is 5.55. The molecule has 0 bridgehead atoms. The molecule has 1 atom stereocenters. The largest absolute Gasteiger partial charge is 0.381 e. The molecule has 1 unspecified atom stereocenters. The van der Waals surface area contributed by atoms with Crippen molar-refractivity contribution < 1.29 is 4.74 Å². The third-order valence-corrected chi connectivity index (χ3v) is 3.27. The van der Waals surface area contributed by atoms with Crippen molar-refractivity contribution in [3.8, 4) is 0 Å². The van der Waals surface area contributed by atoms with Gasteiger partial charge in [0.1, 0.15) is 12.2 Å². The molecule has 16 heavy (non-hydrogen) atoms. The first-order chi connectivity index (χ1) is 7.76. The summed E-state index contributed by atoms with van der Waals surface area (Å²) in [6.45, 7) is 5.82. The lowest BCUT2D eigenvalue weighted by Gasteiger charge is -2.26. The lowest BCUT2D eigenvalue weighted by Crippen LogP contribution is -2.37. The molecule has 5 nitrogen and oxygen atoms in total. The zero-order valence-corrected chi connectivity index (χ0v) is 10.1. The average molecular weight is 224 g/mol. The number of aryl methyl sites for hydroxylation is 1. The summed E-state index contributed by atoms with van der Waals surface area (Å²) in [6.07, 6.45) is 3.66. The van der Waals surface area contributed by atoms with Gasteiger partial charge in [0.2, 0.25) is 0 Å². The molecule has 0 spiro atoms. The minimum absolute atomic E-state index is 0.205. The average Bonchev–Trinajstić information content (AvgIpc) is 2.88. The molecule has 1 aromatic rings. The van der Waals surface area contributed by atoms with Crippen molar-refractivity contribution in [3.05, 3.63) is 12.2 Å². The van der Waals surface area contributed by atoms with Gasteiger partial charge in [-0.2, -0.15) is 5.10 Å². The van der Waals surface area contributed by atoms with E-state index >= 15 is 0 Å². The van der Waals surface area contributed by atoms with Gasteiger partial charge < -0.3 is 10.1 Å². The van der Waals surface area contributed by atoms with E-state index in [1.165, 1.54) is 0 Å². The van der Waals surface area contributed by atoms with E-state index in [0.29, 0.717) is 0 Å². The van der Waals surface area contributed by atoms with Crippen LogP contribution in [0.3, 0.4) is 0 Å². The SMILES string of the molecule is CCNCC1(Cc2ncnn2C)CCOC1. The van der Waals surface area contributed by atoms with Crippen LogP contribution in [0.15, 0.2) is 6.33 Å². The van der Waals surface area contributed by atoms with Crippen molar-refractivity contribution in [1.82, 2.24) is 20.1 Å². The molecular formula is C11H20N4O. The van der Waals surface area contributed by atoms with Crippen LogP contribution in [0.4, 0.5) is 0 Å². The zero-order chi connectivity index (χ0) is 11.4. The van der Waals surface area contributed by atoms with Gasteiger partial charge >= 0.3 is 0 Å². The van der Waals surface area contributed by atoms with Crippen molar-refractivity contribution >= 4 is 0 Å². The maximum absolute atomic E-state index is 5.55. The van der Waals surface area contributed by atoms with Crippen molar-refractivity contribution in [1.29, 1.82) is 0 Å². The van der Waals surface area contributed by atoms with E-state index < -0.39 is 0 Å². The van der Waals surface area contributed by atoms with E-state index in [2.05, 4.69) is 22.3 Å². The first kappa shape index (κ1) is 11.5. The number of nitrogens with one attached hydrogen (secondary N) is 1. The van der Waals surface area contributed by atoms with Crippen LogP contribution < -0.4 is 5.32 Å². The predicted molar refractivity (Wildman–Crippen MR) is 61.1 cm³/mol. The fourth-order valence-corrected chi connectivity index (χ4v) is 2.20. The number of nitrogens with zero attached hydrogens (tertiary/aromatic N) is 3. The lowest BCUT2D eigenvalue weighted by molar-refractivity contribution is 0.148. The van der Waals surface area contributed by atoms with Crippen LogP contribution >= 0.6 is 0 Å². The van der Waals surface area contributed by atoms with E-state index in [0.717, 1.165) is 45.0 Å². The number of hydrogen-bond donors (Lipinski definition) is 1. The summed E-state index contributed by atoms with van der Waals surface area (Å²) in [5.41, 5.74) is 0.205. The smallest absolute Gasteiger partial charge is 0.138 e. The molecule has 1 aromatic heterocycles. The summed E-state index contributed by atoms with van der Waals surface area (Å²) in [6, 6.07) is 0. The molecule has 5 heteroatoms. The van der Waals surface area contributed by atoms with Crippen LogP contribution in [0.5, 0.6) is 0 Å². The molecule has 0 aromatic carbocycles. The Hall–Kier alpha value is -0.940. The summed E-state index contributed by atoms with van der Waals surface area (Å²) in [7, 11) is 1.94. The second kappa shape index (κ2) is 4.93. The molecule has 0 radical (unpaired) electrons. The second-order valence-electron chi connectivity index (χ2n) is 4.56. The van der Waals surface area contributed by atoms with Crippen LogP contribution in [0.1, 0.15) is 19.2 Å². The van der Waals surface area contributed by atoms with Gasteiger partial charge in [-0.1, -0.05) is 6.92 Å². The highest BCUT2D eigenvalue weighted by atomic mass is 16.5. The standard InChI is InChI=1S/C11H20N4O/c1-3-12-7-11(4-5-16-8-11)6-10-13-9-14-15(10)2/h9,12H,3-8H2,1-2H3. The highest BCUT2D eigenvalue weighted by molar-refractivity contribution is 4.96. The highest BCUT2D eigenvalue weighted by Gasteiger charge is 2.35. The van der Waals surface area contributed by atoms with Gasteiger partial charge in [0, 0.05) is 32.0 Å². The van der Waals surface area contributed by atoms with Crippen LogP contribution in [-0.4, -0.2) is 41.1 Å². The van der Waals surface area contributed by atoms with Crippen LogP contribution in [0.2, 0.25) is 0 Å². The summed E-state index contributed by atoms with van der Waals surface area (Å²) in [4.78, 5) is 4.30. The number of rotatable bonds is 5. The van der Waals surface area contributed by atoms with E-state index in [1.807, 2.05) is 11.7 Å². The van der Waals surface area contributed by atoms with Gasteiger partial charge in [-0.15, -0.1) is 0 Å². The number of ether oxygens (including phenoxy) is 1. The predicted octanol–water partition coefficient (Wildman–Crippen LogP) is 0.374. The van der Waals surface area contributed by atoms with Gasteiger partial charge in [0.15, 0.2) is 0 Å². The Morgan fingerprint density at radius 2 is 2.50 bits per heavy atom. The third-order valence-electron chi connectivity index (χ3n) is 3.27. The molecule has 1 fully saturated rings. The Morgan fingerprint density at radius 1 is 1.62 bits per heavy atom. The van der Waals surface area contributed by atoms with Crippen molar-refractivity contribution in [2.75, 3.05) is 26.3 Å². The molecule has 90 valence electrons.